The average molecular weight is 328 g/mol. The fraction of sp³-hybridized carbons (Fsp3) is 0.474. The van der Waals surface area contributed by atoms with Gasteiger partial charge in [0.05, 0.1) is 5.69 Å². The van der Waals surface area contributed by atoms with Gasteiger partial charge in [-0.2, -0.15) is 0 Å². The van der Waals surface area contributed by atoms with Gasteiger partial charge in [0.25, 0.3) is 5.91 Å². The van der Waals surface area contributed by atoms with Crippen molar-refractivity contribution >= 4 is 5.91 Å². The first-order valence-corrected chi connectivity index (χ1v) is 8.50. The molecule has 2 aromatic rings. The zero-order valence-corrected chi connectivity index (χ0v) is 14.3. The standard InChI is InChI=1S/C19H24N2O3/c1-14-17(24-18(20-14)16-8-4-3-5-9-16)19(22)21-11-6-7-15(10-12-21)13-23-2/h3-5,8-9,15H,6-7,10-13H2,1-2H3/t15-/m0/s1. The number of benzene rings is 1. The van der Waals surface area contributed by atoms with Gasteiger partial charge in [-0.05, 0) is 44.2 Å². The van der Waals surface area contributed by atoms with Crippen molar-refractivity contribution in [2.75, 3.05) is 26.8 Å². The minimum atomic E-state index is -0.0553. The molecule has 0 bridgehead atoms. The summed E-state index contributed by atoms with van der Waals surface area (Å²) >= 11 is 0. The number of hydrogen-bond acceptors (Lipinski definition) is 4. The summed E-state index contributed by atoms with van der Waals surface area (Å²) in [6, 6.07) is 9.67. The normalized spacial score (nSPS) is 18.4. The highest BCUT2D eigenvalue weighted by Gasteiger charge is 2.26. The number of carbonyl (C=O) groups excluding carboxylic acids is 1. The molecule has 0 radical (unpaired) electrons. The van der Waals surface area contributed by atoms with Crippen molar-refractivity contribution in [3.05, 3.63) is 41.8 Å². The lowest BCUT2D eigenvalue weighted by Crippen LogP contribution is -2.32. The Kier molecular flexibility index (Phi) is 5.30. The Morgan fingerprint density at radius 1 is 1.29 bits per heavy atom. The van der Waals surface area contributed by atoms with Gasteiger partial charge in [0.2, 0.25) is 11.7 Å². The fourth-order valence-electron chi connectivity index (χ4n) is 3.21. The molecule has 0 spiro atoms. The molecule has 5 nitrogen and oxygen atoms in total. The third-order valence-corrected chi connectivity index (χ3v) is 4.55. The van der Waals surface area contributed by atoms with Crippen molar-refractivity contribution in [3.8, 4) is 11.5 Å². The summed E-state index contributed by atoms with van der Waals surface area (Å²) in [6.45, 7) is 4.10. The van der Waals surface area contributed by atoms with Crippen molar-refractivity contribution in [1.29, 1.82) is 0 Å². The second kappa shape index (κ2) is 7.62. The molecule has 1 saturated heterocycles. The van der Waals surface area contributed by atoms with Crippen molar-refractivity contribution in [2.45, 2.75) is 26.2 Å². The maximum Gasteiger partial charge on any atom is 0.291 e. The van der Waals surface area contributed by atoms with Crippen LogP contribution in [0.3, 0.4) is 0 Å². The molecule has 1 aliphatic heterocycles. The number of nitrogens with zero attached hydrogens (tertiary/aromatic N) is 2. The molecule has 24 heavy (non-hydrogen) atoms. The van der Waals surface area contributed by atoms with Crippen LogP contribution in [0.1, 0.15) is 35.5 Å². The summed E-state index contributed by atoms with van der Waals surface area (Å²) in [5.74, 6) is 1.34. The zero-order chi connectivity index (χ0) is 16.9. The second-order valence-corrected chi connectivity index (χ2v) is 6.34. The van der Waals surface area contributed by atoms with Crippen LogP contribution in [0.15, 0.2) is 34.7 Å². The SMILES string of the molecule is COC[C@H]1CCCN(C(=O)c2oc(-c3ccccc3)nc2C)CC1. The molecular formula is C19H24N2O3. The van der Waals surface area contributed by atoms with E-state index in [1.807, 2.05) is 42.2 Å². The number of carbonyl (C=O) groups is 1. The van der Waals surface area contributed by atoms with E-state index in [0.29, 0.717) is 23.3 Å². The summed E-state index contributed by atoms with van der Waals surface area (Å²) in [5, 5.41) is 0. The summed E-state index contributed by atoms with van der Waals surface area (Å²) in [7, 11) is 1.73. The maximum absolute atomic E-state index is 12.8. The highest BCUT2D eigenvalue weighted by Crippen LogP contribution is 2.24. The van der Waals surface area contributed by atoms with Crippen LogP contribution >= 0.6 is 0 Å². The van der Waals surface area contributed by atoms with E-state index in [0.717, 1.165) is 44.5 Å². The van der Waals surface area contributed by atoms with Crippen LogP contribution in [0.2, 0.25) is 0 Å². The molecule has 3 rings (SSSR count). The van der Waals surface area contributed by atoms with E-state index < -0.39 is 0 Å². The Bertz CT molecular complexity index is 681. The third-order valence-electron chi connectivity index (χ3n) is 4.55. The Labute approximate surface area is 142 Å². The molecule has 0 N–H and O–H groups in total. The smallest absolute Gasteiger partial charge is 0.291 e. The van der Waals surface area contributed by atoms with Gasteiger partial charge in [-0.25, -0.2) is 4.98 Å². The summed E-state index contributed by atoms with van der Waals surface area (Å²) in [5.41, 5.74) is 1.53. The molecule has 2 heterocycles. The molecule has 1 amide bonds. The number of oxazole rings is 1. The molecule has 1 aliphatic rings. The van der Waals surface area contributed by atoms with E-state index in [-0.39, 0.29) is 5.91 Å². The minimum Gasteiger partial charge on any atom is -0.431 e. The Balaban J connectivity index is 1.74. The predicted molar refractivity (Wildman–Crippen MR) is 91.8 cm³/mol. The van der Waals surface area contributed by atoms with Crippen LogP contribution in [0.4, 0.5) is 0 Å². The van der Waals surface area contributed by atoms with Crippen molar-refractivity contribution in [2.24, 2.45) is 5.92 Å². The zero-order valence-electron chi connectivity index (χ0n) is 14.3. The van der Waals surface area contributed by atoms with Crippen LogP contribution in [0, 0.1) is 12.8 Å². The number of rotatable bonds is 4. The van der Waals surface area contributed by atoms with Crippen molar-refractivity contribution in [1.82, 2.24) is 9.88 Å². The van der Waals surface area contributed by atoms with E-state index >= 15 is 0 Å². The molecule has 0 saturated carbocycles. The van der Waals surface area contributed by atoms with Gasteiger partial charge >= 0.3 is 0 Å². The van der Waals surface area contributed by atoms with Gasteiger partial charge in [-0.15, -0.1) is 0 Å². The first-order chi connectivity index (χ1) is 11.7. The van der Waals surface area contributed by atoms with Crippen molar-refractivity contribution in [3.63, 3.8) is 0 Å². The lowest BCUT2D eigenvalue weighted by molar-refractivity contribution is 0.0723. The number of methoxy groups -OCH3 is 1. The molecule has 1 aromatic heterocycles. The number of aryl methyl sites for hydroxylation is 1. The lowest BCUT2D eigenvalue weighted by Gasteiger charge is -2.19. The predicted octanol–water partition coefficient (Wildman–Crippen LogP) is 3.54. The monoisotopic (exact) mass is 328 g/mol. The van der Waals surface area contributed by atoms with Crippen LogP contribution in [-0.2, 0) is 4.74 Å². The third kappa shape index (κ3) is 3.67. The van der Waals surface area contributed by atoms with E-state index in [9.17, 15) is 4.79 Å². The Morgan fingerprint density at radius 3 is 2.83 bits per heavy atom. The van der Waals surface area contributed by atoms with Crippen LogP contribution < -0.4 is 0 Å². The molecule has 1 aromatic carbocycles. The van der Waals surface area contributed by atoms with Crippen LogP contribution in [0.25, 0.3) is 11.5 Å². The number of hydrogen-bond donors (Lipinski definition) is 0. The maximum atomic E-state index is 12.8. The van der Waals surface area contributed by atoms with Crippen LogP contribution in [0.5, 0.6) is 0 Å². The molecule has 1 atom stereocenters. The highest BCUT2D eigenvalue weighted by molar-refractivity contribution is 5.92. The van der Waals surface area contributed by atoms with Crippen LogP contribution in [-0.4, -0.2) is 42.6 Å². The Hall–Kier alpha value is -2.14. The molecule has 1 fully saturated rings. The Morgan fingerprint density at radius 2 is 2.08 bits per heavy atom. The van der Waals surface area contributed by atoms with Crippen molar-refractivity contribution < 1.29 is 13.9 Å². The largest absolute Gasteiger partial charge is 0.431 e. The quantitative estimate of drug-likeness (QED) is 0.861. The number of ether oxygens (including phenoxy) is 1. The van der Waals surface area contributed by atoms with Gasteiger partial charge in [0, 0.05) is 32.4 Å². The first kappa shape index (κ1) is 16.7. The highest BCUT2D eigenvalue weighted by atomic mass is 16.5. The summed E-state index contributed by atoms with van der Waals surface area (Å²) in [4.78, 5) is 19.2. The molecule has 5 heteroatoms. The number of aromatic nitrogens is 1. The molecule has 0 unspecified atom stereocenters. The van der Waals surface area contributed by atoms with Gasteiger partial charge in [0.1, 0.15) is 0 Å². The number of likely N-dealkylation sites (tertiary alicyclic amines) is 1. The van der Waals surface area contributed by atoms with E-state index in [2.05, 4.69) is 4.98 Å². The summed E-state index contributed by atoms with van der Waals surface area (Å²) < 4.78 is 11.1. The molecule has 128 valence electrons. The first-order valence-electron chi connectivity index (χ1n) is 8.50. The minimum absolute atomic E-state index is 0.0553. The van der Waals surface area contributed by atoms with E-state index in [1.54, 1.807) is 7.11 Å². The molecular weight excluding hydrogens is 304 g/mol. The van der Waals surface area contributed by atoms with Gasteiger partial charge in [0.15, 0.2) is 0 Å². The second-order valence-electron chi connectivity index (χ2n) is 6.34. The number of amides is 1. The summed E-state index contributed by atoms with van der Waals surface area (Å²) in [6.07, 6.45) is 3.07. The van der Waals surface area contributed by atoms with E-state index in [4.69, 9.17) is 9.15 Å². The lowest BCUT2D eigenvalue weighted by atomic mass is 10.0. The fourth-order valence-corrected chi connectivity index (χ4v) is 3.21. The van der Waals surface area contributed by atoms with Gasteiger partial charge < -0.3 is 14.1 Å². The van der Waals surface area contributed by atoms with E-state index in [1.165, 1.54) is 0 Å². The average Bonchev–Trinajstić information content (AvgIpc) is 2.84. The molecule has 0 aliphatic carbocycles. The van der Waals surface area contributed by atoms with Gasteiger partial charge in [-0.3, -0.25) is 4.79 Å². The topological polar surface area (TPSA) is 55.6 Å². The van der Waals surface area contributed by atoms with Gasteiger partial charge in [-0.1, -0.05) is 18.2 Å².